The zero-order chi connectivity index (χ0) is 16.2. The Hall–Kier alpha value is -1.44. The highest BCUT2D eigenvalue weighted by atomic mass is 35.5. The molecule has 0 saturated heterocycles. The Morgan fingerprint density at radius 3 is 2.62 bits per heavy atom. The van der Waals surface area contributed by atoms with Gasteiger partial charge < -0.3 is 10.1 Å². The number of hydrogen-bond donors (Lipinski definition) is 1. The fourth-order valence-corrected chi connectivity index (χ4v) is 2.21. The van der Waals surface area contributed by atoms with E-state index in [9.17, 15) is 19.3 Å². The summed E-state index contributed by atoms with van der Waals surface area (Å²) < 4.78 is 18.5. The summed E-state index contributed by atoms with van der Waals surface area (Å²) in [6.45, 7) is 2.06. The highest BCUT2D eigenvalue weighted by Crippen LogP contribution is 2.37. The first-order chi connectivity index (χ1) is 9.83. The van der Waals surface area contributed by atoms with E-state index >= 15 is 0 Å². The quantitative estimate of drug-likeness (QED) is 0.490. The lowest BCUT2D eigenvalue weighted by atomic mass is 10.1. The second-order valence-electron chi connectivity index (χ2n) is 4.17. The molecular formula is C12H13Cl2FN2O4. The molecule has 116 valence electrons. The van der Waals surface area contributed by atoms with Crippen molar-refractivity contribution in [1.29, 1.82) is 0 Å². The van der Waals surface area contributed by atoms with Crippen LogP contribution in [0.4, 0.5) is 10.1 Å². The smallest absolute Gasteiger partial charge is 0.310 e. The van der Waals surface area contributed by atoms with Crippen molar-refractivity contribution in [2.24, 2.45) is 0 Å². The summed E-state index contributed by atoms with van der Waals surface area (Å²) in [5.41, 5.74) is -1.18. The van der Waals surface area contributed by atoms with E-state index in [2.05, 4.69) is 5.32 Å². The molecule has 1 aromatic carbocycles. The molecule has 1 atom stereocenters. The number of methoxy groups -OCH3 is 1. The van der Waals surface area contributed by atoms with Crippen molar-refractivity contribution in [3.05, 3.63) is 37.6 Å². The van der Waals surface area contributed by atoms with E-state index in [-0.39, 0.29) is 18.2 Å². The van der Waals surface area contributed by atoms with Gasteiger partial charge >= 0.3 is 5.69 Å². The SMILES string of the molecule is CCC(COC)NC(=O)c1cc(F)c(Cl)c([N+](=O)[O-])c1Cl. The lowest BCUT2D eigenvalue weighted by Gasteiger charge is -2.16. The molecular weight excluding hydrogens is 326 g/mol. The maximum atomic E-state index is 13.6. The first-order valence-electron chi connectivity index (χ1n) is 5.95. The van der Waals surface area contributed by atoms with Gasteiger partial charge in [0, 0.05) is 7.11 Å². The summed E-state index contributed by atoms with van der Waals surface area (Å²) in [5.74, 6) is -1.82. The zero-order valence-electron chi connectivity index (χ0n) is 11.3. The van der Waals surface area contributed by atoms with Crippen LogP contribution in [0.15, 0.2) is 6.07 Å². The molecule has 0 radical (unpaired) electrons. The molecule has 0 heterocycles. The number of rotatable bonds is 6. The first kappa shape index (κ1) is 17.6. The van der Waals surface area contributed by atoms with E-state index in [1.165, 1.54) is 7.11 Å². The van der Waals surface area contributed by atoms with Crippen LogP contribution in [0.3, 0.4) is 0 Å². The van der Waals surface area contributed by atoms with Gasteiger partial charge in [-0.15, -0.1) is 0 Å². The van der Waals surface area contributed by atoms with Gasteiger partial charge in [-0.3, -0.25) is 14.9 Å². The van der Waals surface area contributed by atoms with Crippen LogP contribution in [0, 0.1) is 15.9 Å². The van der Waals surface area contributed by atoms with E-state index < -0.39 is 32.4 Å². The molecule has 6 nitrogen and oxygen atoms in total. The number of nitrogens with one attached hydrogen (secondary N) is 1. The number of nitrogens with zero attached hydrogens (tertiary/aromatic N) is 1. The molecule has 0 aliphatic rings. The normalized spacial score (nSPS) is 12.0. The molecule has 0 fully saturated rings. The predicted molar refractivity (Wildman–Crippen MR) is 76.5 cm³/mol. The maximum absolute atomic E-state index is 13.6. The molecule has 0 aliphatic heterocycles. The fourth-order valence-electron chi connectivity index (χ4n) is 1.64. The van der Waals surface area contributed by atoms with Gasteiger partial charge in [0.1, 0.15) is 10.8 Å². The Balaban J connectivity index is 3.19. The Bertz CT molecular complexity index is 569. The lowest BCUT2D eigenvalue weighted by Crippen LogP contribution is -2.37. The number of ether oxygens (including phenoxy) is 1. The van der Waals surface area contributed by atoms with E-state index in [4.69, 9.17) is 27.9 Å². The predicted octanol–water partition coefficient (Wildman–Crippen LogP) is 3.20. The molecule has 0 saturated carbocycles. The molecule has 21 heavy (non-hydrogen) atoms. The standard InChI is InChI=1S/C12H13Cl2FN2O4/c1-3-6(5-21-2)16-12(18)7-4-8(15)10(14)11(9(7)13)17(19)20/h4,6H,3,5H2,1-2H3,(H,16,18). The van der Waals surface area contributed by atoms with Crippen LogP contribution in [0.25, 0.3) is 0 Å². The second-order valence-corrected chi connectivity index (χ2v) is 4.93. The molecule has 0 bridgehead atoms. The Kier molecular flexibility index (Phi) is 6.32. The number of carbonyl (C=O) groups is 1. The molecule has 1 unspecified atom stereocenters. The number of amides is 1. The van der Waals surface area contributed by atoms with Gasteiger partial charge in [0.15, 0.2) is 5.02 Å². The third kappa shape index (κ3) is 4.03. The maximum Gasteiger partial charge on any atom is 0.310 e. The van der Waals surface area contributed by atoms with Gasteiger partial charge in [-0.05, 0) is 12.5 Å². The van der Waals surface area contributed by atoms with Gasteiger partial charge in [-0.2, -0.15) is 0 Å². The summed E-state index contributed by atoms with van der Waals surface area (Å²) in [6, 6.07) is 0.448. The van der Waals surface area contributed by atoms with Crippen molar-refractivity contribution in [1.82, 2.24) is 5.32 Å². The summed E-state index contributed by atoms with van der Waals surface area (Å²) in [4.78, 5) is 22.0. The highest BCUT2D eigenvalue weighted by Gasteiger charge is 2.28. The summed E-state index contributed by atoms with van der Waals surface area (Å²) in [6.07, 6.45) is 0.565. The molecule has 1 rings (SSSR count). The number of benzene rings is 1. The average molecular weight is 339 g/mol. The van der Waals surface area contributed by atoms with Crippen LogP contribution in [0.1, 0.15) is 23.7 Å². The highest BCUT2D eigenvalue weighted by molar-refractivity contribution is 6.40. The molecule has 9 heteroatoms. The van der Waals surface area contributed by atoms with Crippen molar-refractivity contribution in [3.63, 3.8) is 0 Å². The van der Waals surface area contributed by atoms with Crippen molar-refractivity contribution in [3.8, 4) is 0 Å². The van der Waals surface area contributed by atoms with Crippen molar-refractivity contribution in [2.45, 2.75) is 19.4 Å². The van der Waals surface area contributed by atoms with Crippen LogP contribution in [0.2, 0.25) is 10.0 Å². The number of nitro groups is 1. The summed E-state index contributed by atoms with van der Waals surface area (Å²) >= 11 is 11.3. The van der Waals surface area contributed by atoms with Gasteiger partial charge in [0.25, 0.3) is 5.91 Å². The number of halogens is 3. The second kappa shape index (κ2) is 7.53. The molecule has 1 aromatic rings. The summed E-state index contributed by atoms with van der Waals surface area (Å²) in [5, 5.41) is 12.2. The van der Waals surface area contributed by atoms with Gasteiger partial charge in [-0.1, -0.05) is 30.1 Å². The van der Waals surface area contributed by atoms with Crippen LogP contribution < -0.4 is 5.32 Å². The van der Waals surface area contributed by atoms with Gasteiger partial charge in [-0.25, -0.2) is 4.39 Å². The van der Waals surface area contributed by atoms with Crippen LogP contribution in [-0.2, 0) is 4.74 Å². The van der Waals surface area contributed by atoms with Crippen LogP contribution in [-0.4, -0.2) is 30.6 Å². The van der Waals surface area contributed by atoms with Crippen LogP contribution >= 0.6 is 23.2 Å². The Morgan fingerprint density at radius 2 is 2.14 bits per heavy atom. The fraction of sp³-hybridized carbons (Fsp3) is 0.417. The monoisotopic (exact) mass is 338 g/mol. The average Bonchev–Trinajstić information content (AvgIpc) is 2.41. The number of carbonyl (C=O) groups excluding carboxylic acids is 1. The molecule has 0 aromatic heterocycles. The Labute approximate surface area is 130 Å². The number of hydrogen-bond acceptors (Lipinski definition) is 4. The molecule has 1 N–H and O–H groups in total. The topological polar surface area (TPSA) is 81.5 Å². The lowest BCUT2D eigenvalue weighted by molar-refractivity contribution is -0.384. The van der Waals surface area contributed by atoms with E-state index in [0.29, 0.717) is 6.42 Å². The van der Waals surface area contributed by atoms with Crippen molar-refractivity contribution in [2.75, 3.05) is 13.7 Å². The summed E-state index contributed by atoms with van der Waals surface area (Å²) in [7, 11) is 1.47. The van der Waals surface area contributed by atoms with Gasteiger partial charge in [0.05, 0.1) is 23.1 Å². The Morgan fingerprint density at radius 1 is 1.52 bits per heavy atom. The van der Waals surface area contributed by atoms with E-state index in [1.54, 1.807) is 0 Å². The molecule has 0 aliphatic carbocycles. The molecule has 1 amide bonds. The first-order valence-corrected chi connectivity index (χ1v) is 6.70. The molecule has 0 spiro atoms. The van der Waals surface area contributed by atoms with E-state index in [0.717, 1.165) is 6.07 Å². The third-order valence-corrected chi connectivity index (χ3v) is 3.50. The minimum absolute atomic E-state index is 0.248. The largest absolute Gasteiger partial charge is 0.383 e. The van der Waals surface area contributed by atoms with E-state index in [1.807, 2.05) is 6.92 Å². The minimum Gasteiger partial charge on any atom is -0.383 e. The van der Waals surface area contributed by atoms with Gasteiger partial charge in [0.2, 0.25) is 0 Å². The third-order valence-electron chi connectivity index (χ3n) is 2.76. The van der Waals surface area contributed by atoms with Crippen molar-refractivity contribution < 1.29 is 18.8 Å². The minimum atomic E-state index is -1.09. The number of nitro benzene ring substituents is 1. The van der Waals surface area contributed by atoms with Crippen LogP contribution in [0.5, 0.6) is 0 Å². The van der Waals surface area contributed by atoms with Crippen molar-refractivity contribution >= 4 is 34.8 Å². The zero-order valence-corrected chi connectivity index (χ0v) is 12.8.